The normalized spacial score (nSPS) is 12.2. The lowest BCUT2D eigenvalue weighted by atomic mass is 10.2. The van der Waals surface area contributed by atoms with Crippen LogP contribution in [0.15, 0.2) is 45.5 Å². The second-order valence-electron chi connectivity index (χ2n) is 3.76. The van der Waals surface area contributed by atoms with Gasteiger partial charge in [0.25, 0.3) is 0 Å². The number of ether oxygens (including phenoxy) is 1. The van der Waals surface area contributed by atoms with Crippen molar-refractivity contribution < 1.29 is 14.3 Å². The lowest BCUT2D eigenvalue weighted by Crippen LogP contribution is -2.11. The molecule has 96 valence electrons. The van der Waals surface area contributed by atoms with E-state index in [2.05, 4.69) is 21.2 Å². The SMILES string of the molecule is COc1ccc(NCC(O)c2ccco2)cc1Br. The molecule has 5 heteroatoms. The maximum atomic E-state index is 9.85. The third-order valence-electron chi connectivity index (χ3n) is 2.52. The van der Waals surface area contributed by atoms with Crippen molar-refractivity contribution in [1.29, 1.82) is 0 Å². The van der Waals surface area contributed by atoms with Gasteiger partial charge in [0.05, 0.1) is 17.8 Å². The van der Waals surface area contributed by atoms with Gasteiger partial charge in [-0.25, -0.2) is 0 Å². The topological polar surface area (TPSA) is 54.6 Å². The van der Waals surface area contributed by atoms with Crippen LogP contribution in [0.3, 0.4) is 0 Å². The second kappa shape index (κ2) is 5.93. The summed E-state index contributed by atoms with van der Waals surface area (Å²) in [5.74, 6) is 1.32. The van der Waals surface area contributed by atoms with Crippen LogP contribution >= 0.6 is 15.9 Å². The standard InChI is InChI=1S/C13H14BrNO3/c1-17-12-5-4-9(7-10(12)14)15-8-11(16)13-3-2-6-18-13/h2-7,11,15-16H,8H2,1H3. The van der Waals surface area contributed by atoms with E-state index >= 15 is 0 Å². The van der Waals surface area contributed by atoms with Crippen molar-refractivity contribution in [2.45, 2.75) is 6.10 Å². The molecule has 0 radical (unpaired) electrons. The van der Waals surface area contributed by atoms with Crippen molar-refractivity contribution in [2.75, 3.05) is 19.0 Å². The van der Waals surface area contributed by atoms with Gasteiger partial charge in [-0.05, 0) is 46.3 Å². The Labute approximate surface area is 114 Å². The molecule has 2 rings (SSSR count). The molecule has 0 aliphatic carbocycles. The Bertz CT molecular complexity index is 499. The molecule has 4 nitrogen and oxygen atoms in total. The Morgan fingerprint density at radius 3 is 2.89 bits per heavy atom. The van der Waals surface area contributed by atoms with Gasteiger partial charge in [-0.1, -0.05) is 0 Å². The average Bonchev–Trinajstić information content (AvgIpc) is 2.90. The molecule has 1 aromatic heterocycles. The molecule has 0 saturated heterocycles. The summed E-state index contributed by atoms with van der Waals surface area (Å²) in [6.07, 6.45) is 0.878. The summed E-state index contributed by atoms with van der Waals surface area (Å²) in [5, 5.41) is 13.0. The molecule has 0 fully saturated rings. The Hall–Kier alpha value is -1.46. The van der Waals surface area contributed by atoms with E-state index in [9.17, 15) is 5.11 Å². The van der Waals surface area contributed by atoms with Crippen LogP contribution in [-0.2, 0) is 0 Å². The van der Waals surface area contributed by atoms with Gasteiger partial charge in [0.15, 0.2) is 0 Å². The molecule has 18 heavy (non-hydrogen) atoms. The van der Waals surface area contributed by atoms with Crippen molar-refractivity contribution in [3.63, 3.8) is 0 Å². The maximum Gasteiger partial charge on any atom is 0.134 e. The van der Waals surface area contributed by atoms with E-state index in [1.165, 1.54) is 0 Å². The van der Waals surface area contributed by atoms with Crippen LogP contribution < -0.4 is 10.1 Å². The Morgan fingerprint density at radius 1 is 1.44 bits per heavy atom. The molecule has 2 aromatic rings. The largest absolute Gasteiger partial charge is 0.496 e. The minimum Gasteiger partial charge on any atom is -0.496 e. The number of furan rings is 1. The fraction of sp³-hybridized carbons (Fsp3) is 0.231. The Morgan fingerprint density at radius 2 is 2.28 bits per heavy atom. The number of rotatable bonds is 5. The predicted octanol–water partition coefficient (Wildman–Crippen LogP) is 3.20. The van der Waals surface area contributed by atoms with E-state index in [-0.39, 0.29) is 0 Å². The van der Waals surface area contributed by atoms with Crippen molar-refractivity contribution in [2.24, 2.45) is 0 Å². The van der Waals surface area contributed by atoms with Gasteiger partial charge in [0.2, 0.25) is 0 Å². The Kier molecular flexibility index (Phi) is 4.28. The molecular weight excluding hydrogens is 298 g/mol. The molecule has 0 saturated carbocycles. The van der Waals surface area contributed by atoms with E-state index in [4.69, 9.17) is 9.15 Å². The van der Waals surface area contributed by atoms with Crippen molar-refractivity contribution >= 4 is 21.6 Å². The van der Waals surface area contributed by atoms with Crippen LogP contribution in [0.4, 0.5) is 5.69 Å². The third kappa shape index (κ3) is 3.05. The molecule has 0 aliphatic heterocycles. The van der Waals surface area contributed by atoms with Crippen LogP contribution in [0, 0.1) is 0 Å². The smallest absolute Gasteiger partial charge is 0.134 e. The lowest BCUT2D eigenvalue weighted by Gasteiger charge is -2.12. The third-order valence-corrected chi connectivity index (χ3v) is 3.14. The van der Waals surface area contributed by atoms with Crippen LogP contribution in [0.2, 0.25) is 0 Å². The highest BCUT2D eigenvalue weighted by Gasteiger charge is 2.10. The zero-order chi connectivity index (χ0) is 13.0. The summed E-state index contributed by atoms with van der Waals surface area (Å²) in [6.45, 7) is 0.381. The Balaban J connectivity index is 1.96. The molecule has 2 N–H and O–H groups in total. The van der Waals surface area contributed by atoms with Gasteiger partial charge in [-0.15, -0.1) is 0 Å². The van der Waals surface area contributed by atoms with E-state index in [1.807, 2.05) is 18.2 Å². The van der Waals surface area contributed by atoms with Gasteiger partial charge in [-0.2, -0.15) is 0 Å². The molecule has 0 amide bonds. The second-order valence-corrected chi connectivity index (χ2v) is 4.62. The predicted molar refractivity (Wildman–Crippen MR) is 72.9 cm³/mol. The zero-order valence-electron chi connectivity index (χ0n) is 9.89. The first-order valence-corrected chi connectivity index (χ1v) is 6.29. The summed E-state index contributed by atoms with van der Waals surface area (Å²) < 4.78 is 11.1. The van der Waals surface area contributed by atoms with Gasteiger partial charge < -0.3 is 19.6 Å². The van der Waals surface area contributed by atoms with Gasteiger partial charge in [-0.3, -0.25) is 0 Å². The number of aliphatic hydroxyl groups is 1. The first-order chi connectivity index (χ1) is 8.70. The monoisotopic (exact) mass is 311 g/mol. The molecule has 0 spiro atoms. The number of anilines is 1. The van der Waals surface area contributed by atoms with Crippen LogP contribution in [-0.4, -0.2) is 18.8 Å². The number of aliphatic hydroxyl groups excluding tert-OH is 1. The van der Waals surface area contributed by atoms with Crippen molar-refractivity contribution in [3.05, 3.63) is 46.8 Å². The minimum absolute atomic E-state index is 0.381. The van der Waals surface area contributed by atoms with E-state index in [0.29, 0.717) is 12.3 Å². The summed E-state index contributed by atoms with van der Waals surface area (Å²) in [7, 11) is 1.62. The van der Waals surface area contributed by atoms with Crippen LogP contribution in [0.25, 0.3) is 0 Å². The highest BCUT2D eigenvalue weighted by molar-refractivity contribution is 9.10. The summed E-state index contributed by atoms with van der Waals surface area (Å²) in [5.41, 5.74) is 0.897. The first kappa shape index (κ1) is 13.0. The fourth-order valence-electron chi connectivity index (χ4n) is 1.57. The highest BCUT2D eigenvalue weighted by Crippen LogP contribution is 2.28. The number of benzene rings is 1. The number of hydrogen-bond donors (Lipinski definition) is 2. The molecule has 0 aliphatic rings. The molecule has 1 atom stereocenters. The van der Waals surface area contributed by atoms with Crippen molar-refractivity contribution in [3.8, 4) is 5.75 Å². The fourth-order valence-corrected chi connectivity index (χ4v) is 2.11. The van der Waals surface area contributed by atoms with Crippen LogP contribution in [0.5, 0.6) is 5.75 Å². The number of nitrogens with one attached hydrogen (secondary N) is 1. The number of halogens is 1. The molecule has 0 bridgehead atoms. The first-order valence-electron chi connectivity index (χ1n) is 5.49. The van der Waals surface area contributed by atoms with Crippen LogP contribution in [0.1, 0.15) is 11.9 Å². The maximum absolute atomic E-state index is 9.85. The highest BCUT2D eigenvalue weighted by atomic mass is 79.9. The van der Waals surface area contributed by atoms with Gasteiger partial charge in [0, 0.05) is 12.2 Å². The quantitative estimate of drug-likeness (QED) is 0.890. The zero-order valence-corrected chi connectivity index (χ0v) is 11.5. The molecular formula is C13H14BrNO3. The van der Waals surface area contributed by atoms with Crippen molar-refractivity contribution in [1.82, 2.24) is 0 Å². The lowest BCUT2D eigenvalue weighted by molar-refractivity contribution is 0.162. The summed E-state index contributed by atoms with van der Waals surface area (Å²) in [4.78, 5) is 0. The molecule has 1 unspecified atom stereocenters. The van der Waals surface area contributed by atoms with Gasteiger partial charge in [0.1, 0.15) is 17.6 Å². The number of methoxy groups -OCH3 is 1. The van der Waals surface area contributed by atoms with E-state index < -0.39 is 6.10 Å². The molecule has 1 heterocycles. The summed E-state index contributed by atoms with van der Waals surface area (Å²) in [6, 6.07) is 9.14. The molecule has 1 aromatic carbocycles. The van der Waals surface area contributed by atoms with E-state index in [0.717, 1.165) is 15.9 Å². The van der Waals surface area contributed by atoms with Gasteiger partial charge >= 0.3 is 0 Å². The van der Waals surface area contributed by atoms with E-state index in [1.54, 1.807) is 25.5 Å². The average molecular weight is 312 g/mol. The minimum atomic E-state index is -0.666. The summed E-state index contributed by atoms with van der Waals surface area (Å²) >= 11 is 3.41. The number of hydrogen-bond acceptors (Lipinski definition) is 4.